The zero-order valence-electron chi connectivity index (χ0n) is 11.2. The first kappa shape index (κ1) is 15.3. The number of Topliss-reactive ketones (excluding diaryl/α,β-unsaturated/α-hetero) is 1. The highest BCUT2D eigenvalue weighted by molar-refractivity contribution is 6.36. The molecule has 0 amide bonds. The van der Waals surface area contributed by atoms with E-state index in [2.05, 4.69) is 16.8 Å². The predicted octanol–water partition coefficient (Wildman–Crippen LogP) is -0.0221. The van der Waals surface area contributed by atoms with Gasteiger partial charge in [0.25, 0.3) is 5.84 Å². The van der Waals surface area contributed by atoms with E-state index < -0.39 is 18.1 Å². The number of carbonyl (C=O) groups excluding carboxylic acids is 2. The summed E-state index contributed by atoms with van der Waals surface area (Å²) in [5.74, 6) is -0.931. The molecule has 2 atom stereocenters. The summed E-state index contributed by atoms with van der Waals surface area (Å²) < 4.78 is 4.78. The van der Waals surface area contributed by atoms with Crippen LogP contribution >= 0.6 is 0 Å². The number of β-amino-alcohol motifs (C(OH)–C–C–N with tert-alkyl or cyclic N) is 1. The maximum absolute atomic E-state index is 11.8. The van der Waals surface area contributed by atoms with Gasteiger partial charge in [-0.2, -0.15) is 0 Å². The summed E-state index contributed by atoms with van der Waals surface area (Å²) in [6.07, 6.45) is 0.0146. The van der Waals surface area contributed by atoms with Crippen molar-refractivity contribution in [3.8, 4) is 0 Å². The Kier molecular flexibility index (Phi) is 5.62. The number of hydrazone groups is 1. The van der Waals surface area contributed by atoms with E-state index in [1.54, 1.807) is 13.8 Å². The van der Waals surface area contributed by atoms with Crippen molar-refractivity contribution < 1.29 is 19.4 Å². The van der Waals surface area contributed by atoms with Crippen molar-refractivity contribution in [3.63, 3.8) is 0 Å². The summed E-state index contributed by atoms with van der Waals surface area (Å²) >= 11 is 0. The molecule has 1 N–H and O–H groups in total. The highest BCUT2D eigenvalue weighted by Gasteiger charge is 2.35. The summed E-state index contributed by atoms with van der Waals surface area (Å²) in [6, 6.07) is -0.522. The average Bonchev–Trinajstić information content (AvgIpc) is 2.76. The van der Waals surface area contributed by atoms with Crippen LogP contribution < -0.4 is 0 Å². The molecule has 0 radical (unpaired) electrons. The number of hydrogen-bond acceptors (Lipinski definition) is 6. The first-order chi connectivity index (χ1) is 9.03. The SMILES string of the molecule is C=N/C(=N\N1CC(O)CC1C(=O)CC)C(=O)OCC. The van der Waals surface area contributed by atoms with Crippen LogP contribution in [0.4, 0.5) is 0 Å². The van der Waals surface area contributed by atoms with Crippen molar-refractivity contribution in [3.05, 3.63) is 0 Å². The van der Waals surface area contributed by atoms with Gasteiger partial charge in [-0.1, -0.05) is 6.92 Å². The summed E-state index contributed by atoms with van der Waals surface area (Å²) in [5.41, 5.74) is 0. The minimum Gasteiger partial charge on any atom is -0.460 e. The number of hydrogen-bond donors (Lipinski definition) is 1. The molecule has 7 nitrogen and oxygen atoms in total. The third-order valence-corrected chi connectivity index (χ3v) is 2.80. The van der Waals surface area contributed by atoms with Crippen molar-refractivity contribution in [2.75, 3.05) is 13.2 Å². The summed E-state index contributed by atoms with van der Waals surface area (Å²) in [5, 5.41) is 15.0. The van der Waals surface area contributed by atoms with Gasteiger partial charge < -0.3 is 9.84 Å². The molecular formula is C12H19N3O4. The van der Waals surface area contributed by atoms with E-state index >= 15 is 0 Å². The molecule has 1 fully saturated rings. The largest absolute Gasteiger partial charge is 0.460 e. The summed E-state index contributed by atoms with van der Waals surface area (Å²) in [7, 11) is 0. The summed E-state index contributed by atoms with van der Waals surface area (Å²) in [4.78, 5) is 26.8. The molecule has 19 heavy (non-hydrogen) atoms. The van der Waals surface area contributed by atoms with Gasteiger partial charge >= 0.3 is 5.97 Å². The van der Waals surface area contributed by atoms with Gasteiger partial charge in [0.15, 0.2) is 5.78 Å². The fraction of sp³-hybridized carbons (Fsp3) is 0.667. The van der Waals surface area contributed by atoms with Crippen molar-refractivity contribution in [1.29, 1.82) is 0 Å². The average molecular weight is 269 g/mol. The number of amidine groups is 1. The molecule has 1 aliphatic rings. The van der Waals surface area contributed by atoms with E-state index in [4.69, 9.17) is 4.74 Å². The Morgan fingerprint density at radius 3 is 2.68 bits per heavy atom. The van der Waals surface area contributed by atoms with Gasteiger partial charge in [0.2, 0.25) is 0 Å². The van der Waals surface area contributed by atoms with Gasteiger partial charge in [0.1, 0.15) is 6.04 Å². The zero-order valence-corrected chi connectivity index (χ0v) is 11.2. The highest BCUT2D eigenvalue weighted by atomic mass is 16.5. The number of nitrogens with zero attached hydrogens (tertiary/aromatic N) is 3. The lowest BCUT2D eigenvalue weighted by Gasteiger charge is -2.19. The second kappa shape index (κ2) is 6.98. The molecule has 0 aromatic rings. The van der Waals surface area contributed by atoms with Crippen LogP contribution in [0.3, 0.4) is 0 Å². The van der Waals surface area contributed by atoms with Crippen LogP contribution in [0, 0.1) is 0 Å². The number of aliphatic hydroxyl groups excluding tert-OH is 1. The van der Waals surface area contributed by atoms with Gasteiger partial charge in [-0.15, -0.1) is 5.10 Å². The number of aliphatic hydroxyl groups is 1. The number of ketones is 1. The quantitative estimate of drug-likeness (QED) is 0.440. The van der Waals surface area contributed by atoms with Crippen LogP contribution in [0.25, 0.3) is 0 Å². The number of aliphatic imine (C=N–C) groups is 1. The molecule has 0 saturated carbocycles. The Balaban J connectivity index is 2.89. The second-order valence-corrected chi connectivity index (χ2v) is 4.15. The van der Waals surface area contributed by atoms with Crippen LogP contribution in [-0.4, -0.2) is 59.7 Å². The lowest BCUT2D eigenvalue weighted by Crippen LogP contribution is -2.33. The van der Waals surface area contributed by atoms with E-state index in [-0.39, 0.29) is 24.8 Å². The van der Waals surface area contributed by atoms with Crippen LogP contribution in [0.5, 0.6) is 0 Å². The van der Waals surface area contributed by atoms with E-state index in [0.717, 1.165) is 0 Å². The Morgan fingerprint density at radius 2 is 2.16 bits per heavy atom. The first-order valence-corrected chi connectivity index (χ1v) is 6.23. The molecule has 106 valence electrons. The Bertz CT molecular complexity index is 394. The van der Waals surface area contributed by atoms with E-state index in [1.807, 2.05) is 0 Å². The predicted molar refractivity (Wildman–Crippen MR) is 70.0 cm³/mol. The zero-order chi connectivity index (χ0) is 14.4. The lowest BCUT2D eigenvalue weighted by atomic mass is 10.1. The van der Waals surface area contributed by atoms with Gasteiger partial charge in [-0.3, -0.25) is 9.80 Å². The molecule has 7 heteroatoms. The van der Waals surface area contributed by atoms with Crippen LogP contribution in [-0.2, 0) is 14.3 Å². The number of esters is 1. The van der Waals surface area contributed by atoms with Gasteiger partial charge in [-0.05, 0) is 13.6 Å². The van der Waals surface area contributed by atoms with E-state index in [0.29, 0.717) is 12.8 Å². The Hall–Kier alpha value is -1.76. The molecular weight excluding hydrogens is 250 g/mol. The topological polar surface area (TPSA) is 91.6 Å². The maximum Gasteiger partial charge on any atom is 0.378 e. The third-order valence-electron chi connectivity index (χ3n) is 2.80. The van der Waals surface area contributed by atoms with E-state index in [1.165, 1.54) is 5.01 Å². The molecule has 0 aliphatic carbocycles. The second-order valence-electron chi connectivity index (χ2n) is 4.15. The van der Waals surface area contributed by atoms with Crippen molar-refractivity contribution in [1.82, 2.24) is 5.01 Å². The maximum atomic E-state index is 11.8. The van der Waals surface area contributed by atoms with Gasteiger partial charge in [0.05, 0.1) is 19.3 Å². The molecule has 1 aliphatic heterocycles. The van der Waals surface area contributed by atoms with Gasteiger partial charge in [0, 0.05) is 12.8 Å². The van der Waals surface area contributed by atoms with Crippen molar-refractivity contribution in [2.24, 2.45) is 10.1 Å². The van der Waals surface area contributed by atoms with Crippen molar-refractivity contribution >= 4 is 24.3 Å². The number of ether oxygens (including phenoxy) is 1. The molecule has 1 rings (SSSR count). The Morgan fingerprint density at radius 1 is 1.47 bits per heavy atom. The molecule has 0 aromatic heterocycles. The normalized spacial score (nSPS) is 23.3. The standard InChI is InChI=1S/C12H19N3O4/c1-4-10(17)9-6-8(16)7-15(9)14-11(13-3)12(18)19-5-2/h8-9,16H,3-7H2,1-2H3/b14-11-. The van der Waals surface area contributed by atoms with Crippen LogP contribution in [0.2, 0.25) is 0 Å². The monoisotopic (exact) mass is 269 g/mol. The van der Waals surface area contributed by atoms with E-state index in [9.17, 15) is 14.7 Å². The number of rotatable bonds is 4. The van der Waals surface area contributed by atoms with Crippen LogP contribution in [0.15, 0.2) is 10.1 Å². The smallest absolute Gasteiger partial charge is 0.378 e. The molecule has 0 spiro atoms. The third kappa shape index (κ3) is 3.85. The molecule has 0 bridgehead atoms. The summed E-state index contributed by atoms with van der Waals surface area (Å²) in [6.45, 7) is 7.06. The Labute approximate surface area is 111 Å². The minimum absolute atomic E-state index is 0.0347. The molecule has 2 unspecified atom stereocenters. The molecule has 1 heterocycles. The number of carbonyl (C=O) groups is 2. The molecule has 0 aromatic carbocycles. The molecule has 1 saturated heterocycles. The first-order valence-electron chi connectivity index (χ1n) is 6.23. The van der Waals surface area contributed by atoms with Crippen LogP contribution in [0.1, 0.15) is 26.7 Å². The van der Waals surface area contributed by atoms with Crippen molar-refractivity contribution in [2.45, 2.75) is 38.8 Å². The minimum atomic E-state index is -0.693. The fourth-order valence-electron chi connectivity index (χ4n) is 1.90. The fourth-order valence-corrected chi connectivity index (χ4v) is 1.90. The van der Waals surface area contributed by atoms with Gasteiger partial charge in [-0.25, -0.2) is 9.79 Å². The lowest BCUT2D eigenvalue weighted by molar-refractivity contribution is -0.135. The highest BCUT2D eigenvalue weighted by Crippen LogP contribution is 2.20.